The van der Waals surface area contributed by atoms with Gasteiger partial charge in [-0.15, -0.1) is 0 Å². The number of amides is 2. The first-order valence-corrected chi connectivity index (χ1v) is 8.05. The molecule has 114 valence electrons. The Kier molecular flexibility index (Phi) is 2.12. The summed E-state index contributed by atoms with van der Waals surface area (Å²) in [4.78, 5) is 25.3. The molecule has 0 saturated carbocycles. The molecule has 3 aliphatic carbocycles. The van der Waals surface area contributed by atoms with Crippen molar-refractivity contribution in [1.29, 1.82) is 0 Å². The molecule has 0 radical (unpaired) electrons. The average molecular weight is 303 g/mol. The van der Waals surface area contributed by atoms with Gasteiger partial charge in [0.15, 0.2) is 0 Å². The first-order valence-electron chi connectivity index (χ1n) is 8.05. The quantitative estimate of drug-likeness (QED) is 0.760. The van der Waals surface area contributed by atoms with Crippen molar-refractivity contribution in [3.63, 3.8) is 0 Å². The molecule has 1 saturated heterocycles. The minimum Gasteiger partial charge on any atom is -0.296 e. The Labute approximate surface area is 134 Å². The van der Waals surface area contributed by atoms with Crippen LogP contribution in [0.15, 0.2) is 48.5 Å². The van der Waals surface area contributed by atoms with Gasteiger partial charge in [0.2, 0.25) is 11.8 Å². The second-order valence-corrected chi connectivity index (χ2v) is 7.30. The van der Waals surface area contributed by atoms with Crippen LogP contribution in [0.2, 0.25) is 0 Å². The van der Waals surface area contributed by atoms with Crippen LogP contribution in [0.1, 0.15) is 36.1 Å². The highest BCUT2D eigenvalue weighted by Gasteiger charge is 2.68. The molecule has 2 amide bonds. The van der Waals surface area contributed by atoms with Crippen LogP contribution in [0.3, 0.4) is 0 Å². The lowest BCUT2D eigenvalue weighted by Gasteiger charge is -2.57. The van der Waals surface area contributed by atoms with Crippen molar-refractivity contribution in [1.82, 2.24) is 5.32 Å². The second-order valence-electron chi connectivity index (χ2n) is 7.30. The van der Waals surface area contributed by atoms with E-state index >= 15 is 0 Å². The van der Waals surface area contributed by atoms with Gasteiger partial charge in [0.25, 0.3) is 0 Å². The summed E-state index contributed by atoms with van der Waals surface area (Å²) < 4.78 is 0. The van der Waals surface area contributed by atoms with Crippen molar-refractivity contribution < 1.29 is 9.59 Å². The first kappa shape index (κ1) is 13.1. The zero-order valence-electron chi connectivity index (χ0n) is 13.1. The van der Waals surface area contributed by atoms with Crippen LogP contribution in [0, 0.1) is 11.8 Å². The molecule has 3 heteroatoms. The lowest BCUT2D eigenvalue weighted by atomic mass is 9.42. The third-order valence-electron chi connectivity index (χ3n) is 6.48. The number of imide groups is 1. The minimum absolute atomic E-state index is 0.127. The number of nitrogens with one attached hydrogen (secondary N) is 1. The molecule has 0 spiro atoms. The Morgan fingerprint density at radius 2 is 1.00 bits per heavy atom. The molecule has 6 rings (SSSR count). The highest BCUT2D eigenvalue weighted by molar-refractivity contribution is 6.08. The van der Waals surface area contributed by atoms with E-state index in [4.69, 9.17) is 0 Å². The number of hydrogen-bond donors (Lipinski definition) is 1. The summed E-state index contributed by atoms with van der Waals surface area (Å²) in [7, 11) is 0. The lowest BCUT2D eigenvalue weighted by molar-refractivity contribution is -0.126. The predicted octanol–water partition coefficient (Wildman–Crippen LogP) is 2.51. The van der Waals surface area contributed by atoms with E-state index in [9.17, 15) is 9.59 Å². The standard InChI is InChI=1S/C20H17NO2/c1-19-11-7-3-5-9-13(11)20(2,14-10-6-4-8-12(14)19)16-15(19)17(22)21-18(16)23/h3-10,15-16H,1-2H3,(H,21,22,23)/t15-,16+,19?,20?. The summed E-state index contributed by atoms with van der Waals surface area (Å²) in [6.07, 6.45) is 0. The first-order chi connectivity index (χ1) is 11.0. The molecule has 2 atom stereocenters. The Morgan fingerprint density at radius 3 is 1.30 bits per heavy atom. The van der Waals surface area contributed by atoms with Gasteiger partial charge in [-0.3, -0.25) is 14.9 Å². The molecule has 0 unspecified atom stereocenters. The summed E-state index contributed by atoms with van der Waals surface area (Å²) in [6, 6.07) is 16.6. The molecule has 3 nitrogen and oxygen atoms in total. The minimum atomic E-state index is -0.453. The largest absolute Gasteiger partial charge is 0.296 e. The summed E-state index contributed by atoms with van der Waals surface area (Å²) in [5.74, 6) is -0.912. The van der Waals surface area contributed by atoms with E-state index < -0.39 is 10.8 Å². The second kappa shape index (κ2) is 3.73. The summed E-state index contributed by atoms with van der Waals surface area (Å²) in [6.45, 7) is 4.25. The van der Waals surface area contributed by atoms with Gasteiger partial charge in [0, 0.05) is 10.8 Å². The van der Waals surface area contributed by atoms with E-state index in [1.54, 1.807) is 0 Å². The average Bonchev–Trinajstić information content (AvgIpc) is 2.88. The molecule has 4 aliphatic rings. The molecule has 1 N–H and O–H groups in total. The Morgan fingerprint density at radius 1 is 0.696 bits per heavy atom. The van der Waals surface area contributed by atoms with Crippen molar-refractivity contribution in [2.45, 2.75) is 24.7 Å². The van der Waals surface area contributed by atoms with E-state index in [-0.39, 0.29) is 23.7 Å². The summed E-state index contributed by atoms with van der Waals surface area (Å²) >= 11 is 0. The normalized spacial score (nSPS) is 36.3. The van der Waals surface area contributed by atoms with Gasteiger partial charge >= 0.3 is 0 Å². The van der Waals surface area contributed by atoms with Crippen molar-refractivity contribution in [3.8, 4) is 0 Å². The summed E-state index contributed by atoms with van der Waals surface area (Å²) in [5.41, 5.74) is 3.84. The van der Waals surface area contributed by atoms with Crippen LogP contribution < -0.4 is 5.32 Å². The zero-order valence-corrected chi connectivity index (χ0v) is 13.1. The fourth-order valence-corrected chi connectivity index (χ4v) is 5.51. The fourth-order valence-electron chi connectivity index (χ4n) is 5.51. The molecule has 23 heavy (non-hydrogen) atoms. The van der Waals surface area contributed by atoms with E-state index in [2.05, 4.69) is 43.4 Å². The Bertz CT molecular complexity index is 779. The summed E-state index contributed by atoms with van der Waals surface area (Å²) in [5, 5.41) is 2.60. The van der Waals surface area contributed by atoms with Gasteiger partial charge in [0.05, 0.1) is 11.8 Å². The third-order valence-corrected chi connectivity index (χ3v) is 6.48. The molecule has 1 heterocycles. The van der Waals surface area contributed by atoms with Gasteiger partial charge in [-0.05, 0) is 22.3 Å². The molecule has 2 aromatic carbocycles. The van der Waals surface area contributed by atoms with Gasteiger partial charge < -0.3 is 0 Å². The van der Waals surface area contributed by atoms with E-state index in [1.807, 2.05) is 24.3 Å². The third kappa shape index (κ3) is 1.18. The van der Waals surface area contributed by atoms with E-state index in [0.29, 0.717) is 0 Å². The van der Waals surface area contributed by atoms with E-state index in [0.717, 1.165) is 0 Å². The van der Waals surface area contributed by atoms with Crippen molar-refractivity contribution >= 4 is 11.8 Å². The monoisotopic (exact) mass is 303 g/mol. The highest BCUT2D eigenvalue weighted by Crippen LogP contribution is 2.65. The highest BCUT2D eigenvalue weighted by atomic mass is 16.2. The fraction of sp³-hybridized carbons (Fsp3) is 0.300. The topological polar surface area (TPSA) is 46.2 Å². The molecular formula is C20H17NO2. The maximum atomic E-state index is 12.6. The van der Waals surface area contributed by atoms with Crippen LogP contribution >= 0.6 is 0 Å². The molecule has 2 aromatic rings. The Balaban J connectivity index is 1.99. The van der Waals surface area contributed by atoms with E-state index in [1.165, 1.54) is 22.3 Å². The van der Waals surface area contributed by atoms with Gasteiger partial charge in [-0.25, -0.2) is 0 Å². The number of rotatable bonds is 0. The molecule has 1 aliphatic heterocycles. The SMILES string of the molecule is CC12c3ccccc3C(C)(c3ccccc31)[C@H]1C(=O)NC(=O)[C@H]12. The van der Waals surface area contributed by atoms with Crippen molar-refractivity contribution in [2.24, 2.45) is 11.8 Å². The van der Waals surface area contributed by atoms with Crippen LogP contribution in [0.5, 0.6) is 0 Å². The van der Waals surface area contributed by atoms with Gasteiger partial charge in [-0.1, -0.05) is 62.4 Å². The Hall–Kier alpha value is -2.42. The number of carbonyl (C=O) groups excluding carboxylic acids is 2. The van der Waals surface area contributed by atoms with Crippen LogP contribution in [0.4, 0.5) is 0 Å². The zero-order chi connectivity index (χ0) is 16.0. The van der Waals surface area contributed by atoms with Crippen molar-refractivity contribution in [3.05, 3.63) is 70.8 Å². The predicted molar refractivity (Wildman–Crippen MR) is 85.9 cm³/mol. The molecule has 1 fully saturated rings. The maximum absolute atomic E-state index is 12.6. The van der Waals surface area contributed by atoms with Gasteiger partial charge in [-0.2, -0.15) is 0 Å². The van der Waals surface area contributed by atoms with Crippen LogP contribution in [0.25, 0.3) is 0 Å². The number of hydrogen-bond acceptors (Lipinski definition) is 2. The van der Waals surface area contributed by atoms with Crippen LogP contribution in [-0.2, 0) is 20.4 Å². The molecule has 2 bridgehead atoms. The lowest BCUT2D eigenvalue weighted by Crippen LogP contribution is -2.59. The molecule has 0 aromatic heterocycles. The molecular weight excluding hydrogens is 286 g/mol. The number of benzene rings is 2. The van der Waals surface area contributed by atoms with Gasteiger partial charge in [0.1, 0.15) is 0 Å². The smallest absolute Gasteiger partial charge is 0.231 e. The van der Waals surface area contributed by atoms with Crippen molar-refractivity contribution in [2.75, 3.05) is 0 Å². The maximum Gasteiger partial charge on any atom is 0.231 e. The number of carbonyl (C=O) groups is 2. The van der Waals surface area contributed by atoms with Crippen LogP contribution in [-0.4, -0.2) is 11.8 Å².